The summed E-state index contributed by atoms with van der Waals surface area (Å²) >= 11 is 0. The molecule has 0 fully saturated rings. The van der Waals surface area contributed by atoms with Gasteiger partial charge in [-0.1, -0.05) is 13.8 Å². The number of carbonyl (C=O) groups is 2. The lowest BCUT2D eigenvalue weighted by molar-refractivity contribution is -0.108. The minimum atomic E-state index is 0.221. The second kappa shape index (κ2) is 5.51. The molecule has 1 aromatic rings. The van der Waals surface area contributed by atoms with Crippen LogP contribution in [0.5, 0.6) is 0 Å². The lowest BCUT2D eigenvalue weighted by Crippen LogP contribution is -2.17. The summed E-state index contributed by atoms with van der Waals surface area (Å²) in [6.45, 7) is 4.01. The molecule has 2 heterocycles. The van der Waals surface area contributed by atoms with Crippen LogP contribution in [0.2, 0.25) is 0 Å². The zero-order chi connectivity index (χ0) is 13.1. The van der Waals surface area contributed by atoms with Gasteiger partial charge in [-0.05, 0) is 31.2 Å². The van der Waals surface area contributed by atoms with E-state index in [4.69, 9.17) is 0 Å². The second-order valence-corrected chi connectivity index (χ2v) is 4.95. The predicted molar refractivity (Wildman–Crippen MR) is 71.1 cm³/mol. The van der Waals surface area contributed by atoms with Crippen molar-refractivity contribution in [3.05, 3.63) is 23.0 Å². The normalized spacial score (nSPS) is 18.4. The summed E-state index contributed by atoms with van der Waals surface area (Å²) in [5, 5.41) is 0. The molecule has 0 saturated heterocycles. The van der Waals surface area contributed by atoms with Crippen LogP contribution >= 0.6 is 0 Å². The number of rotatable bonds is 5. The lowest BCUT2D eigenvalue weighted by Gasteiger charge is -2.25. The molecule has 0 unspecified atom stereocenters. The first-order valence-electron chi connectivity index (χ1n) is 6.92. The Balaban J connectivity index is 2.46. The van der Waals surface area contributed by atoms with Crippen LogP contribution in [0.15, 0.2) is 6.20 Å². The van der Waals surface area contributed by atoms with Gasteiger partial charge in [0.2, 0.25) is 0 Å². The van der Waals surface area contributed by atoms with Gasteiger partial charge in [0.25, 0.3) is 0 Å². The molecule has 3 nitrogen and oxygen atoms in total. The van der Waals surface area contributed by atoms with E-state index in [0.717, 1.165) is 37.5 Å². The number of nitrogens with zero attached hydrogens (tertiary/aromatic N) is 1. The maximum absolute atomic E-state index is 12.0. The van der Waals surface area contributed by atoms with E-state index in [9.17, 15) is 9.59 Å². The molecule has 1 aliphatic heterocycles. The quantitative estimate of drug-likeness (QED) is 0.592. The maximum atomic E-state index is 12.0. The third-order valence-electron chi connectivity index (χ3n) is 3.94. The van der Waals surface area contributed by atoms with E-state index in [1.807, 2.05) is 13.1 Å². The van der Waals surface area contributed by atoms with Gasteiger partial charge in [0.15, 0.2) is 5.78 Å². The SMILES string of the molecule is CCC(=O)c1cn2c(c1CC)CCC[C@@H]2CC=O. The van der Waals surface area contributed by atoms with E-state index in [-0.39, 0.29) is 11.8 Å². The Bertz CT molecular complexity index is 459. The van der Waals surface area contributed by atoms with Crippen LogP contribution in [0.1, 0.15) is 67.2 Å². The molecule has 0 amide bonds. The van der Waals surface area contributed by atoms with Gasteiger partial charge in [0.1, 0.15) is 6.29 Å². The van der Waals surface area contributed by atoms with E-state index in [1.54, 1.807) is 0 Å². The van der Waals surface area contributed by atoms with Crippen molar-refractivity contribution in [1.82, 2.24) is 4.57 Å². The number of aromatic nitrogens is 1. The fourth-order valence-corrected chi connectivity index (χ4v) is 3.02. The van der Waals surface area contributed by atoms with Gasteiger partial charge in [0, 0.05) is 36.3 Å². The number of Topliss-reactive ketones (excluding diaryl/α,β-unsaturated/α-hetero) is 1. The van der Waals surface area contributed by atoms with Gasteiger partial charge in [-0.25, -0.2) is 0 Å². The van der Waals surface area contributed by atoms with E-state index in [0.29, 0.717) is 12.8 Å². The van der Waals surface area contributed by atoms with E-state index in [2.05, 4.69) is 11.5 Å². The third kappa shape index (κ3) is 2.14. The van der Waals surface area contributed by atoms with Crippen molar-refractivity contribution in [1.29, 1.82) is 0 Å². The van der Waals surface area contributed by atoms with Crippen LogP contribution in [0.3, 0.4) is 0 Å². The van der Waals surface area contributed by atoms with Crippen LogP contribution in [0.25, 0.3) is 0 Å². The van der Waals surface area contributed by atoms with Crippen LogP contribution in [-0.2, 0) is 17.6 Å². The Morgan fingerprint density at radius 3 is 2.89 bits per heavy atom. The molecular weight excluding hydrogens is 226 g/mol. The summed E-state index contributed by atoms with van der Waals surface area (Å²) in [6.07, 6.45) is 8.20. The predicted octanol–water partition coefficient (Wildman–Crippen LogP) is 3.11. The van der Waals surface area contributed by atoms with Crippen LogP contribution in [0, 0.1) is 0 Å². The summed E-state index contributed by atoms with van der Waals surface area (Å²) in [7, 11) is 0. The summed E-state index contributed by atoms with van der Waals surface area (Å²) in [4.78, 5) is 22.7. The fraction of sp³-hybridized carbons (Fsp3) is 0.600. The molecule has 2 rings (SSSR count). The van der Waals surface area contributed by atoms with Crippen molar-refractivity contribution in [3.8, 4) is 0 Å². The van der Waals surface area contributed by atoms with Gasteiger partial charge in [0.05, 0.1) is 0 Å². The number of ketones is 1. The molecule has 0 aromatic carbocycles. The number of fused-ring (bicyclic) bond motifs is 1. The summed E-state index contributed by atoms with van der Waals surface area (Å²) in [5.41, 5.74) is 3.37. The highest BCUT2D eigenvalue weighted by Gasteiger charge is 2.25. The number of hydrogen-bond acceptors (Lipinski definition) is 2. The summed E-state index contributed by atoms with van der Waals surface area (Å²) < 4.78 is 2.19. The van der Waals surface area contributed by atoms with Crippen molar-refractivity contribution in [2.24, 2.45) is 0 Å². The Hall–Kier alpha value is -1.38. The Labute approximate surface area is 108 Å². The molecule has 1 aliphatic rings. The topological polar surface area (TPSA) is 39.1 Å². The van der Waals surface area contributed by atoms with Crippen LogP contribution < -0.4 is 0 Å². The molecule has 0 N–H and O–H groups in total. The molecule has 0 saturated carbocycles. The lowest BCUT2D eigenvalue weighted by atomic mass is 9.96. The highest BCUT2D eigenvalue weighted by Crippen LogP contribution is 2.32. The van der Waals surface area contributed by atoms with Gasteiger partial charge >= 0.3 is 0 Å². The van der Waals surface area contributed by atoms with Gasteiger partial charge < -0.3 is 9.36 Å². The molecule has 0 aliphatic carbocycles. The zero-order valence-corrected chi connectivity index (χ0v) is 11.2. The third-order valence-corrected chi connectivity index (χ3v) is 3.94. The van der Waals surface area contributed by atoms with Crippen molar-refractivity contribution >= 4 is 12.1 Å². The first kappa shape index (κ1) is 13.1. The average molecular weight is 247 g/mol. The van der Waals surface area contributed by atoms with Crippen molar-refractivity contribution in [3.63, 3.8) is 0 Å². The number of hydrogen-bond donors (Lipinski definition) is 0. The molecule has 18 heavy (non-hydrogen) atoms. The molecule has 0 spiro atoms. The second-order valence-electron chi connectivity index (χ2n) is 4.95. The van der Waals surface area contributed by atoms with Crippen LogP contribution in [0.4, 0.5) is 0 Å². The monoisotopic (exact) mass is 247 g/mol. The molecule has 1 aromatic heterocycles. The molecule has 1 atom stereocenters. The molecule has 98 valence electrons. The highest BCUT2D eigenvalue weighted by molar-refractivity contribution is 5.97. The average Bonchev–Trinajstić information content (AvgIpc) is 2.77. The first-order valence-corrected chi connectivity index (χ1v) is 6.92. The Morgan fingerprint density at radius 2 is 2.28 bits per heavy atom. The zero-order valence-electron chi connectivity index (χ0n) is 11.2. The minimum Gasteiger partial charge on any atom is -0.347 e. The number of carbonyl (C=O) groups excluding carboxylic acids is 2. The van der Waals surface area contributed by atoms with E-state index < -0.39 is 0 Å². The molecule has 0 bridgehead atoms. The van der Waals surface area contributed by atoms with Gasteiger partial charge in [-0.2, -0.15) is 0 Å². The maximum Gasteiger partial charge on any atom is 0.164 e. The van der Waals surface area contributed by atoms with Crippen molar-refractivity contribution in [2.45, 2.75) is 58.4 Å². The number of aldehydes is 1. The van der Waals surface area contributed by atoms with Gasteiger partial charge in [-0.3, -0.25) is 4.79 Å². The molecule has 0 radical (unpaired) electrons. The summed E-state index contributed by atoms with van der Waals surface area (Å²) in [6, 6.07) is 0.259. The highest BCUT2D eigenvalue weighted by atomic mass is 16.1. The standard InChI is InChI=1S/C15H21NO2/c1-3-12-13(15(18)4-2)10-16-11(8-9-17)6-5-7-14(12)16/h9-11H,3-8H2,1-2H3/t11-/m1/s1. The Kier molecular flexibility index (Phi) is 4.00. The summed E-state index contributed by atoms with van der Waals surface area (Å²) in [5.74, 6) is 0.221. The Morgan fingerprint density at radius 1 is 1.50 bits per heavy atom. The fourth-order valence-electron chi connectivity index (χ4n) is 3.02. The largest absolute Gasteiger partial charge is 0.347 e. The smallest absolute Gasteiger partial charge is 0.164 e. The molecular formula is C15H21NO2. The van der Waals surface area contributed by atoms with Crippen molar-refractivity contribution < 1.29 is 9.59 Å². The first-order chi connectivity index (χ1) is 8.72. The van der Waals surface area contributed by atoms with E-state index in [1.165, 1.54) is 11.3 Å². The van der Waals surface area contributed by atoms with Gasteiger partial charge in [-0.15, -0.1) is 0 Å². The van der Waals surface area contributed by atoms with E-state index >= 15 is 0 Å². The van der Waals surface area contributed by atoms with Crippen molar-refractivity contribution in [2.75, 3.05) is 0 Å². The minimum absolute atomic E-state index is 0.221. The van der Waals surface area contributed by atoms with Crippen LogP contribution in [-0.4, -0.2) is 16.6 Å². The molecule has 3 heteroatoms.